The molecular formula is C12H8N2S. The van der Waals surface area contributed by atoms with Crippen molar-refractivity contribution in [2.75, 3.05) is 0 Å². The quantitative estimate of drug-likeness (QED) is 0.458. The van der Waals surface area contributed by atoms with E-state index in [1.807, 2.05) is 36.5 Å². The third kappa shape index (κ3) is 1.36. The Morgan fingerprint density at radius 2 is 2.00 bits per heavy atom. The number of pyridine rings is 2. The van der Waals surface area contributed by atoms with Gasteiger partial charge in [0.15, 0.2) is 0 Å². The predicted molar refractivity (Wildman–Crippen MR) is 64.3 cm³/mol. The Balaban J connectivity index is 2.57. The van der Waals surface area contributed by atoms with Gasteiger partial charge in [0, 0.05) is 28.1 Å². The Labute approximate surface area is 92.4 Å². The molecule has 2 aromatic heterocycles. The van der Waals surface area contributed by atoms with Crippen molar-refractivity contribution >= 4 is 34.4 Å². The van der Waals surface area contributed by atoms with E-state index in [0.717, 1.165) is 26.7 Å². The first kappa shape index (κ1) is 8.68. The molecule has 2 heterocycles. The van der Waals surface area contributed by atoms with Crippen molar-refractivity contribution in [3.8, 4) is 0 Å². The fourth-order valence-corrected chi connectivity index (χ4v) is 1.92. The third-order valence-corrected chi connectivity index (χ3v) is 2.70. The van der Waals surface area contributed by atoms with Crippen molar-refractivity contribution in [1.82, 2.24) is 9.97 Å². The number of hydrogen-bond donors (Lipinski definition) is 1. The first-order valence-electron chi connectivity index (χ1n) is 4.67. The van der Waals surface area contributed by atoms with Gasteiger partial charge in [0.1, 0.15) is 0 Å². The summed E-state index contributed by atoms with van der Waals surface area (Å²) < 4.78 is 0. The van der Waals surface area contributed by atoms with Crippen LogP contribution in [0.5, 0.6) is 0 Å². The molecule has 0 aliphatic heterocycles. The van der Waals surface area contributed by atoms with Crippen molar-refractivity contribution in [2.45, 2.75) is 4.90 Å². The first-order valence-corrected chi connectivity index (χ1v) is 5.12. The molecule has 3 heteroatoms. The van der Waals surface area contributed by atoms with Crippen LogP contribution in [-0.2, 0) is 0 Å². The maximum absolute atomic E-state index is 4.38. The standard InChI is InChI=1S/C12H8N2S/c15-9-3-4-11-10(6-9)12-8(7-14-11)2-1-5-13-12/h1-7,15H. The van der Waals surface area contributed by atoms with Crippen LogP contribution in [0, 0.1) is 0 Å². The number of nitrogens with zero attached hydrogens (tertiary/aromatic N) is 2. The normalized spacial score (nSPS) is 11.0. The summed E-state index contributed by atoms with van der Waals surface area (Å²) >= 11 is 4.33. The monoisotopic (exact) mass is 212 g/mol. The molecule has 0 N–H and O–H groups in total. The number of fused-ring (bicyclic) bond motifs is 3. The molecule has 15 heavy (non-hydrogen) atoms. The molecule has 0 spiro atoms. The molecule has 3 rings (SSSR count). The van der Waals surface area contributed by atoms with E-state index in [4.69, 9.17) is 0 Å². The zero-order valence-electron chi connectivity index (χ0n) is 7.88. The summed E-state index contributed by atoms with van der Waals surface area (Å²) in [4.78, 5) is 9.69. The van der Waals surface area contributed by atoms with Gasteiger partial charge in [-0.25, -0.2) is 0 Å². The summed E-state index contributed by atoms with van der Waals surface area (Å²) in [5.74, 6) is 0. The number of thiol groups is 1. The highest BCUT2D eigenvalue weighted by Crippen LogP contribution is 2.23. The van der Waals surface area contributed by atoms with E-state index < -0.39 is 0 Å². The van der Waals surface area contributed by atoms with Crippen LogP contribution in [0.25, 0.3) is 21.8 Å². The van der Waals surface area contributed by atoms with Crippen molar-refractivity contribution in [2.24, 2.45) is 0 Å². The lowest BCUT2D eigenvalue weighted by molar-refractivity contribution is 1.37. The predicted octanol–water partition coefficient (Wildman–Crippen LogP) is 3.07. The molecule has 0 saturated heterocycles. The van der Waals surface area contributed by atoms with E-state index in [2.05, 4.69) is 22.6 Å². The molecule has 0 atom stereocenters. The number of rotatable bonds is 0. The molecule has 0 aliphatic carbocycles. The number of aromatic nitrogens is 2. The van der Waals surface area contributed by atoms with Crippen LogP contribution in [0.4, 0.5) is 0 Å². The molecular weight excluding hydrogens is 204 g/mol. The van der Waals surface area contributed by atoms with Crippen LogP contribution < -0.4 is 0 Å². The van der Waals surface area contributed by atoms with Crippen LogP contribution in [0.3, 0.4) is 0 Å². The van der Waals surface area contributed by atoms with Gasteiger partial charge in [0.05, 0.1) is 11.0 Å². The second-order valence-electron chi connectivity index (χ2n) is 3.40. The first-order chi connectivity index (χ1) is 7.34. The maximum Gasteiger partial charge on any atom is 0.0811 e. The Morgan fingerprint density at radius 3 is 2.93 bits per heavy atom. The summed E-state index contributed by atoms with van der Waals surface area (Å²) in [7, 11) is 0. The van der Waals surface area contributed by atoms with Crippen molar-refractivity contribution in [3.05, 3.63) is 42.7 Å². The number of benzene rings is 1. The zero-order chi connectivity index (χ0) is 10.3. The molecule has 0 aliphatic rings. The summed E-state index contributed by atoms with van der Waals surface area (Å²) in [6.45, 7) is 0. The highest BCUT2D eigenvalue weighted by Gasteiger charge is 2.01. The molecule has 0 saturated carbocycles. The van der Waals surface area contributed by atoms with Gasteiger partial charge >= 0.3 is 0 Å². The molecule has 0 fully saturated rings. The lowest BCUT2D eigenvalue weighted by atomic mass is 10.1. The van der Waals surface area contributed by atoms with Crippen molar-refractivity contribution < 1.29 is 0 Å². The van der Waals surface area contributed by atoms with Gasteiger partial charge in [-0.3, -0.25) is 9.97 Å². The average molecular weight is 212 g/mol. The second kappa shape index (κ2) is 3.21. The summed E-state index contributed by atoms with van der Waals surface area (Å²) in [6.07, 6.45) is 3.65. The molecule has 0 amide bonds. The van der Waals surface area contributed by atoms with E-state index in [9.17, 15) is 0 Å². The topological polar surface area (TPSA) is 25.8 Å². The highest BCUT2D eigenvalue weighted by atomic mass is 32.1. The van der Waals surface area contributed by atoms with Gasteiger partial charge in [0.2, 0.25) is 0 Å². The third-order valence-electron chi connectivity index (χ3n) is 2.42. The summed E-state index contributed by atoms with van der Waals surface area (Å²) in [6, 6.07) is 9.83. The number of hydrogen-bond acceptors (Lipinski definition) is 3. The zero-order valence-corrected chi connectivity index (χ0v) is 8.78. The smallest absolute Gasteiger partial charge is 0.0811 e. The van der Waals surface area contributed by atoms with Crippen LogP contribution in [0.1, 0.15) is 0 Å². The van der Waals surface area contributed by atoms with Gasteiger partial charge in [0.25, 0.3) is 0 Å². The van der Waals surface area contributed by atoms with Crippen molar-refractivity contribution in [1.29, 1.82) is 0 Å². The Bertz CT molecular complexity index is 649. The Hall–Kier alpha value is -1.61. The Kier molecular flexibility index (Phi) is 1.86. The van der Waals surface area contributed by atoms with E-state index in [1.165, 1.54) is 0 Å². The van der Waals surface area contributed by atoms with Gasteiger partial charge in [-0.1, -0.05) is 0 Å². The van der Waals surface area contributed by atoms with Crippen LogP contribution in [0.15, 0.2) is 47.6 Å². The van der Waals surface area contributed by atoms with E-state index in [-0.39, 0.29) is 0 Å². The largest absolute Gasteiger partial charge is 0.255 e. The Morgan fingerprint density at radius 1 is 1.07 bits per heavy atom. The lowest BCUT2D eigenvalue weighted by Crippen LogP contribution is -1.84. The average Bonchev–Trinajstić information content (AvgIpc) is 2.29. The molecule has 2 nitrogen and oxygen atoms in total. The van der Waals surface area contributed by atoms with Gasteiger partial charge in [-0.05, 0) is 30.3 Å². The van der Waals surface area contributed by atoms with Crippen molar-refractivity contribution in [3.63, 3.8) is 0 Å². The van der Waals surface area contributed by atoms with Gasteiger partial charge in [-0.2, -0.15) is 0 Å². The van der Waals surface area contributed by atoms with Crippen LogP contribution in [0.2, 0.25) is 0 Å². The molecule has 1 aromatic carbocycles. The minimum atomic E-state index is 0.933. The summed E-state index contributed by atoms with van der Waals surface area (Å²) in [5.41, 5.74) is 1.94. The van der Waals surface area contributed by atoms with E-state index in [1.54, 1.807) is 6.20 Å². The van der Waals surface area contributed by atoms with E-state index in [0.29, 0.717) is 0 Å². The van der Waals surface area contributed by atoms with Gasteiger partial charge in [-0.15, -0.1) is 12.6 Å². The fourth-order valence-electron chi connectivity index (χ4n) is 1.71. The molecule has 3 aromatic rings. The summed E-state index contributed by atoms with van der Waals surface area (Å²) in [5, 5.41) is 2.12. The maximum atomic E-state index is 4.38. The van der Waals surface area contributed by atoms with Crippen LogP contribution in [-0.4, -0.2) is 9.97 Å². The van der Waals surface area contributed by atoms with Crippen LogP contribution >= 0.6 is 12.6 Å². The van der Waals surface area contributed by atoms with E-state index >= 15 is 0 Å². The minimum Gasteiger partial charge on any atom is -0.255 e. The molecule has 0 unspecified atom stereocenters. The fraction of sp³-hybridized carbons (Fsp3) is 0. The minimum absolute atomic E-state index is 0.933. The lowest BCUT2D eigenvalue weighted by Gasteiger charge is -2.02. The molecule has 0 radical (unpaired) electrons. The SMILES string of the molecule is Sc1ccc2ncc3cccnc3c2c1. The molecule has 0 bridgehead atoms. The van der Waals surface area contributed by atoms with Gasteiger partial charge < -0.3 is 0 Å². The second-order valence-corrected chi connectivity index (χ2v) is 3.92. The molecule has 72 valence electrons. The highest BCUT2D eigenvalue weighted by molar-refractivity contribution is 7.80.